The number of benzene rings is 2. The number of nitrogens with zero attached hydrogens (tertiary/aromatic N) is 2. The minimum absolute atomic E-state index is 0.0795. The molecule has 0 unspecified atom stereocenters. The summed E-state index contributed by atoms with van der Waals surface area (Å²) in [4.78, 5) is 18.6. The van der Waals surface area contributed by atoms with Crippen LogP contribution < -0.4 is 10.1 Å². The molecule has 42 heavy (non-hydrogen) atoms. The van der Waals surface area contributed by atoms with E-state index in [2.05, 4.69) is 33.4 Å². The number of aromatic nitrogens is 1. The van der Waals surface area contributed by atoms with Crippen LogP contribution in [-0.4, -0.2) is 53.0 Å². The lowest BCUT2D eigenvalue weighted by atomic mass is 9.73. The smallest absolute Gasteiger partial charge is 0.342 e. The van der Waals surface area contributed by atoms with E-state index in [9.17, 15) is 14.3 Å². The Morgan fingerprint density at radius 2 is 2.00 bits per heavy atom. The van der Waals surface area contributed by atoms with Crippen LogP contribution in [0.1, 0.15) is 42.0 Å². The molecule has 220 valence electrons. The standard InChI is InChI=1S/C33H37FN4O4/c1-21-6-4-7-26(28-8-5-9-29(36-28)37-31(41-3)27(17-35)32(39)40)30(21)42-20-22-10-11-25-19-38(13-12-24(25)14-22)18-23-15-33(2,34)16-23/h4-11,14,17,23,35H,12-13,15-16,18-20H2,1-3H3,(H,36,37)(H,39,40)/b31-27-,35-17?. The van der Waals surface area contributed by atoms with Gasteiger partial charge in [-0.3, -0.25) is 4.90 Å². The fourth-order valence-electron chi connectivity index (χ4n) is 5.97. The average molecular weight is 573 g/mol. The summed E-state index contributed by atoms with van der Waals surface area (Å²) in [5.41, 5.74) is 4.89. The molecule has 1 fully saturated rings. The number of methoxy groups -OCH3 is 1. The predicted molar refractivity (Wildman–Crippen MR) is 160 cm³/mol. The molecule has 0 atom stereocenters. The van der Waals surface area contributed by atoms with E-state index < -0.39 is 11.6 Å². The van der Waals surface area contributed by atoms with Crippen LogP contribution in [-0.2, 0) is 29.1 Å². The summed E-state index contributed by atoms with van der Waals surface area (Å²) in [6.45, 7) is 6.96. The predicted octanol–water partition coefficient (Wildman–Crippen LogP) is 6.14. The molecule has 3 aromatic rings. The molecule has 0 saturated heterocycles. The van der Waals surface area contributed by atoms with Gasteiger partial charge in [-0.15, -0.1) is 0 Å². The van der Waals surface area contributed by atoms with Crippen molar-refractivity contribution in [3.05, 3.63) is 88.3 Å². The van der Waals surface area contributed by atoms with Gasteiger partial charge in [-0.25, -0.2) is 14.2 Å². The monoisotopic (exact) mass is 572 g/mol. The van der Waals surface area contributed by atoms with Gasteiger partial charge in [0, 0.05) is 31.4 Å². The molecular weight excluding hydrogens is 535 g/mol. The van der Waals surface area contributed by atoms with Crippen molar-refractivity contribution in [3.8, 4) is 17.0 Å². The first-order valence-electron chi connectivity index (χ1n) is 14.2. The van der Waals surface area contributed by atoms with Crippen molar-refractivity contribution >= 4 is 18.0 Å². The number of fused-ring (bicyclic) bond motifs is 1. The highest BCUT2D eigenvalue weighted by atomic mass is 19.1. The summed E-state index contributed by atoms with van der Waals surface area (Å²) >= 11 is 0. The number of para-hydroxylation sites is 1. The molecule has 1 aliphatic heterocycles. The number of hydrogen-bond acceptors (Lipinski definition) is 7. The number of nitrogens with one attached hydrogen (secondary N) is 2. The maximum Gasteiger partial charge on any atom is 0.342 e. The van der Waals surface area contributed by atoms with E-state index in [4.69, 9.17) is 14.9 Å². The third kappa shape index (κ3) is 6.62. The fourth-order valence-corrected chi connectivity index (χ4v) is 5.97. The summed E-state index contributed by atoms with van der Waals surface area (Å²) < 4.78 is 25.5. The van der Waals surface area contributed by atoms with Gasteiger partial charge in [-0.2, -0.15) is 0 Å². The number of alkyl halides is 1. The molecule has 9 heteroatoms. The normalized spacial score (nSPS) is 20.5. The molecule has 1 aromatic heterocycles. The van der Waals surface area contributed by atoms with Crippen molar-refractivity contribution in [2.45, 2.75) is 51.9 Å². The molecule has 0 amide bonds. The van der Waals surface area contributed by atoms with Crippen molar-refractivity contribution in [1.29, 1.82) is 5.41 Å². The molecule has 2 heterocycles. The van der Waals surface area contributed by atoms with Gasteiger partial charge in [0.05, 0.1) is 12.8 Å². The summed E-state index contributed by atoms with van der Waals surface area (Å²) in [6, 6.07) is 17.8. The lowest BCUT2D eigenvalue weighted by Crippen LogP contribution is -2.44. The first kappa shape index (κ1) is 29.3. The minimum Gasteiger partial charge on any atom is -0.488 e. The second-order valence-corrected chi connectivity index (χ2v) is 11.4. The zero-order valence-corrected chi connectivity index (χ0v) is 24.2. The van der Waals surface area contributed by atoms with Crippen LogP contribution in [0.25, 0.3) is 11.3 Å². The first-order valence-corrected chi connectivity index (χ1v) is 14.2. The number of carbonyl (C=O) groups is 1. The molecule has 8 nitrogen and oxygen atoms in total. The van der Waals surface area contributed by atoms with Crippen molar-refractivity contribution in [2.75, 3.05) is 25.5 Å². The van der Waals surface area contributed by atoms with E-state index in [0.29, 0.717) is 36.9 Å². The fraction of sp³-hybridized carbons (Fsp3) is 0.364. The summed E-state index contributed by atoms with van der Waals surface area (Å²) in [6.07, 6.45) is 3.04. The molecule has 0 radical (unpaired) electrons. The Balaban J connectivity index is 1.29. The Bertz CT molecular complexity index is 1510. The minimum atomic E-state index is -1.28. The Morgan fingerprint density at radius 1 is 1.21 bits per heavy atom. The molecular formula is C33H37FN4O4. The lowest BCUT2D eigenvalue weighted by molar-refractivity contribution is -0.132. The summed E-state index contributed by atoms with van der Waals surface area (Å²) in [5.74, 6) is 0.200. The molecule has 3 N–H and O–H groups in total. The zero-order chi connectivity index (χ0) is 29.9. The van der Waals surface area contributed by atoms with Crippen LogP contribution in [0.3, 0.4) is 0 Å². The number of carboxylic acids is 1. The zero-order valence-electron chi connectivity index (χ0n) is 24.2. The highest BCUT2D eigenvalue weighted by Gasteiger charge is 2.41. The number of hydrogen-bond donors (Lipinski definition) is 3. The molecule has 1 aliphatic carbocycles. The van der Waals surface area contributed by atoms with Crippen LogP contribution in [0.2, 0.25) is 0 Å². The lowest BCUT2D eigenvalue weighted by Gasteiger charge is -2.42. The van der Waals surface area contributed by atoms with Crippen LogP contribution >= 0.6 is 0 Å². The van der Waals surface area contributed by atoms with E-state index in [-0.39, 0.29) is 11.5 Å². The highest BCUT2D eigenvalue weighted by Crippen LogP contribution is 2.41. The Kier molecular flexibility index (Phi) is 8.59. The molecule has 2 aromatic carbocycles. The van der Waals surface area contributed by atoms with Gasteiger partial charge in [0.25, 0.3) is 0 Å². The van der Waals surface area contributed by atoms with Gasteiger partial charge in [-0.1, -0.05) is 36.4 Å². The number of anilines is 1. The highest BCUT2D eigenvalue weighted by molar-refractivity contribution is 6.08. The van der Waals surface area contributed by atoms with E-state index in [1.807, 2.05) is 37.3 Å². The Hall–Kier alpha value is -4.24. The maximum absolute atomic E-state index is 13.9. The Morgan fingerprint density at radius 3 is 2.71 bits per heavy atom. The number of halogens is 1. The largest absolute Gasteiger partial charge is 0.488 e. The molecule has 5 rings (SSSR count). The van der Waals surface area contributed by atoms with Gasteiger partial charge >= 0.3 is 5.97 Å². The number of rotatable bonds is 11. The topological polar surface area (TPSA) is 108 Å². The Labute approximate surface area is 245 Å². The summed E-state index contributed by atoms with van der Waals surface area (Å²) in [7, 11) is 1.33. The van der Waals surface area contributed by atoms with Crippen LogP contribution in [0.15, 0.2) is 66.1 Å². The van der Waals surface area contributed by atoms with Gasteiger partial charge in [0.15, 0.2) is 0 Å². The van der Waals surface area contributed by atoms with Crippen LogP contribution in [0.5, 0.6) is 5.75 Å². The molecule has 0 bridgehead atoms. The van der Waals surface area contributed by atoms with Crippen molar-refractivity contribution in [3.63, 3.8) is 0 Å². The van der Waals surface area contributed by atoms with E-state index in [1.165, 1.54) is 18.2 Å². The van der Waals surface area contributed by atoms with Crippen molar-refractivity contribution in [2.24, 2.45) is 5.92 Å². The van der Waals surface area contributed by atoms with Crippen LogP contribution in [0, 0.1) is 18.3 Å². The van der Waals surface area contributed by atoms with Gasteiger partial charge < -0.3 is 25.3 Å². The molecule has 0 spiro atoms. The second kappa shape index (κ2) is 12.3. The van der Waals surface area contributed by atoms with Gasteiger partial charge in [-0.05, 0) is 79.5 Å². The van der Waals surface area contributed by atoms with Crippen LogP contribution in [0.4, 0.5) is 10.2 Å². The SMILES string of the molecule is CO/C(Nc1cccc(-c2cccc(C)c2OCc2ccc3c(c2)CCN(CC2CC(C)(F)C2)C3)n1)=C(/C=N)C(=O)O. The average Bonchev–Trinajstić information content (AvgIpc) is 2.95. The van der Waals surface area contributed by atoms with Crippen molar-refractivity contribution in [1.82, 2.24) is 9.88 Å². The quantitative estimate of drug-likeness (QED) is 0.144. The summed E-state index contributed by atoms with van der Waals surface area (Å²) in [5, 5.41) is 19.6. The number of ether oxygens (including phenoxy) is 2. The van der Waals surface area contributed by atoms with Gasteiger partial charge in [0.1, 0.15) is 29.4 Å². The maximum atomic E-state index is 13.9. The first-order chi connectivity index (χ1) is 20.2. The number of aryl methyl sites for hydroxylation is 1. The van der Waals surface area contributed by atoms with E-state index in [1.54, 1.807) is 13.0 Å². The van der Waals surface area contributed by atoms with E-state index in [0.717, 1.165) is 54.7 Å². The third-order valence-corrected chi connectivity index (χ3v) is 7.99. The second-order valence-electron chi connectivity index (χ2n) is 11.4. The van der Waals surface area contributed by atoms with E-state index >= 15 is 0 Å². The molecule has 1 saturated carbocycles. The molecule has 2 aliphatic rings. The number of carboxylic acid groups (broad SMARTS) is 1. The third-order valence-electron chi connectivity index (χ3n) is 7.99. The van der Waals surface area contributed by atoms with Gasteiger partial charge in [0.2, 0.25) is 5.88 Å². The number of pyridine rings is 1. The van der Waals surface area contributed by atoms with Crippen molar-refractivity contribution < 1.29 is 23.8 Å². The number of aliphatic carboxylic acids is 1.